The Balaban J connectivity index is 1.75. The minimum atomic E-state index is -0.517. The molecular formula is C17H19Cl2NO5. The van der Waals surface area contributed by atoms with Gasteiger partial charge in [0.05, 0.1) is 29.5 Å². The lowest BCUT2D eigenvalue weighted by atomic mass is 9.97. The molecule has 8 heteroatoms. The summed E-state index contributed by atoms with van der Waals surface area (Å²) < 4.78 is 9.74. The number of methoxy groups -OCH3 is 1. The van der Waals surface area contributed by atoms with Crippen molar-refractivity contribution in [2.45, 2.75) is 19.3 Å². The van der Waals surface area contributed by atoms with E-state index in [-0.39, 0.29) is 30.8 Å². The maximum Gasteiger partial charge on any atom is 0.310 e. The van der Waals surface area contributed by atoms with Gasteiger partial charge in [-0.15, -0.1) is 0 Å². The molecule has 1 aromatic rings. The third-order valence-electron chi connectivity index (χ3n) is 4.07. The average molecular weight is 388 g/mol. The zero-order valence-electron chi connectivity index (χ0n) is 13.8. The molecule has 1 amide bonds. The molecule has 0 saturated carbocycles. The lowest BCUT2D eigenvalue weighted by Crippen LogP contribution is -2.42. The average Bonchev–Trinajstić information content (AvgIpc) is 2.62. The van der Waals surface area contributed by atoms with Crippen LogP contribution < -0.4 is 0 Å². The molecule has 0 bridgehead atoms. The summed E-state index contributed by atoms with van der Waals surface area (Å²) in [6, 6.07) is 4.86. The van der Waals surface area contributed by atoms with Gasteiger partial charge >= 0.3 is 11.9 Å². The Morgan fingerprint density at radius 1 is 1.16 bits per heavy atom. The van der Waals surface area contributed by atoms with Crippen molar-refractivity contribution in [3.05, 3.63) is 33.8 Å². The Morgan fingerprint density at radius 3 is 2.44 bits per heavy atom. The zero-order chi connectivity index (χ0) is 18.4. The SMILES string of the molecule is COC(=O)C1CCN(C(=O)COC(=O)Cc2ccc(Cl)c(Cl)c2)CC1. The molecule has 1 aromatic carbocycles. The van der Waals surface area contributed by atoms with Crippen molar-refractivity contribution < 1.29 is 23.9 Å². The number of rotatable bonds is 5. The predicted molar refractivity (Wildman–Crippen MR) is 92.4 cm³/mol. The van der Waals surface area contributed by atoms with Crippen LogP contribution in [0.25, 0.3) is 0 Å². The molecule has 136 valence electrons. The fourth-order valence-corrected chi connectivity index (χ4v) is 2.95. The minimum absolute atomic E-state index is 0.00852. The first-order valence-corrected chi connectivity index (χ1v) is 8.61. The third kappa shape index (κ3) is 5.61. The standard InChI is InChI=1S/C17H19Cl2NO5/c1-24-17(23)12-4-6-20(7-5-12)15(21)10-25-16(22)9-11-2-3-13(18)14(19)8-11/h2-3,8,12H,4-7,9-10H2,1H3. The molecule has 25 heavy (non-hydrogen) atoms. The van der Waals surface area contributed by atoms with E-state index in [9.17, 15) is 14.4 Å². The van der Waals surface area contributed by atoms with Gasteiger partial charge in [0.15, 0.2) is 6.61 Å². The van der Waals surface area contributed by atoms with Crippen molar-refractivity contribution in [2.24, 2.45) is 5.92 Å². The molecule has 0 aliphatic carbocycles. The van der Waals surface area contributed by atoms with Gasteiger partial charge in [-0.05, 0) is 30.5 Å². The largest absolute Gasteiger partial charge is 0.469 e. The van der Waals surface area contributed by atoms with E-state index in [1.165, 1.54) is 7.11 Å². The summed E-state index contributed by atoms with van der Waals surface area (Å²) in [6.45, 7) is 0.578. The molecule has 6 nitrogen and oxygen atoms in total. The van der Waals surface area contributed by atoms with Gasteiger partial charge in [0.2, 0.25) is 0 Å². The summed E-state index contributed by atoms with van der Waals surface area (Å²) in [7, 11) is 1.35. The second kappa shape index (κ2) is 9.06. The lowest BCUT2D eigenvalue weighted by Gasteiger charge is -2.30. The monoisotopic (exact) mass is 387 g/mol. The van der Waals surface area contributed by atoms with Gasteiger partial charge < -0.3 is 14.4 Å². The number of carbonyl (C=O) groups is 3. The maximum absolute atomic E-state index is 12.1. The van der Waals surface area contributed by atoms with E-state index in [1.807, 2.05) is 0 Å². The van der Waals surface area contributed by atoms with Crippen molar-refractivity contribution >= 4 is 41.0 Å². The Labute approximate surface area is 156 Å². The number of esters is 2. The fourth-order valence-electron chi connectivity index (χ4n) is 2.63. The van der Waals surface area contributed by atoms with Gasteiger partial charge in [0, 0.05) is 13.1 Å². The summed E-state index contributed by atoms with van der Waals surface area (Å²) >= 11 is 11.7. The van der Waals surface area contributed by atoms with Crippen LogP contribution in [0, 0.1) is 5.92 Å². The van der Waals surface area contributed by atoms with Crippen LogP contribution in [0.15, 0.2) is 18.2 Å². The van der Waals surface area contributed by atoms with E-state index >= 15 is 0 Å². The number of carbonyl (C=O) groups excluding carboxylic acids is 3. The highest BCUT2D eigenvalue weighted by molar-refractivity contribution is 6.42. The second-order valence-corrected chi connectivity index (χ2v) is 6.58. The first-order chi connectivity index (χ1) is 11.9. The highest BCUT2D eigenvalue weighted by Gasteiger charge is 2.28. The van der Waals surface area contributed by atoms with Gasteiger partial charge in [-0.2, -0.15) is 0 Å². The van der Waals surface area contributed by atoms with E-state index in [2.05, 4.69) is 0 Å². The van der Waals surface area contributed by atoms with Crippen LogP contribution in [0.4, 0.5) is 0 Å². The number of hydrogen-bond acceptors (Lipinski definition) is 5. The highest BCUT2D eigenvalue weighted by Crippen LogP contribution is 2.23. The summed E-state index contributed by atoms with van der Waals surface area (Å²) in [4.78, 5) is 37.0. The molecule has 2 rings (SSSR count). The summed E-state index contributed by atoms with van der Waals surface area (Å²) in [5.74, 6) is -1.21. The van der Waals surface area contributed by atoms with E-state index < -0.39 is 5.97 Å². The number of likely N-dealkylation sites (tertiary alicyclic amines) is 1. The van der Waals surface area contributed by atoms with Crippen LogP contribution in [0.3, 0.4) is 0 Å². The molecule has 1 heterocycles. The number of piperidine rings is 1. The van der Waals surface area contributed by atoms with Crippen LogP contribution in [-0.4, -0.2) is 49.6 Å². The molecule has 1 fully saturated rings. The second-order valence-electron chi connectivity index (χ2n) is 5.76. The van der Waals surface area contributed by atoms with Crippen LogP contribution >= 0.6 is 23.2 Å². The first kappa shape index (κ1) is 19.5. The van der Waals surface area contributed by atoms with Crippen LogP contribution in [0.1, 0.15) is 18.4 Å². The number of ether oxygens (including phenoxy) is 2. The van der Waals surface area contributed by atoms with Crippen LogP contribution in [-0.2, 0) is 30.3 Å². The first-order valence-electron chi connectivity index (χ1n) is 7.86. The van der Waals surface area contributed by atoms with E-state index in [0.29, 0.717) is 41.5 Å². The molecule has 0 radical (unpaired) electrons. The molecule has 1 aliphatic rings. The van der Waals surface area contributed by atoms with E-state index in [0.717, 1.165) is 0 Å². The van der Waals surface area contributed by atoms with Crippen molar-refractivity contribution in [1.82, 2.24) is 4.90 Å². The number of nitrogens with zero attached hydrogens (tertiary/aromatic N) is 1. The Morgan fingerprint density at radius 2 is 1.84 bits per heavy atom. The van der Waals surface area contributed by atoms with Gasteiger partial charge in [-0.25, -0.2) is 0 Å². The normalized spacial score (nSPS) is 14.9. The molecule has 0 aromatic heterocycles. The van der Waals surface area contributed by atoms with Crippen LogP contribution in [0.2, 0.25) is 10.0 Å². The molecule has 0 unspecified atom stereocenters. The predicted octanol–water partition coefficient (Wildman–Crippen LogP) is 2.49. The third-order valence-corrected chi connectivity index (χ3v) is 4.81. The molecular weight excluding hydrogens is 369 g/mol. The number of benzene rings is 1. The van der Waals surface area contributed by atoms with Crippen molar-refractivity contribution in [3.63, 3.8) is 0 Å². The Bertz CT molecular complexity index is 656. The maximum atomic E-state index is 12.1. The summed E-state index contributed by atoms with van der Waals surface area (Å²) in [5, 5.41) is 0.765. The van der Waals surface area contributed by atoms with Gasteiger partial charge in [-0.1, -0.05) is 29.3 Å². The smallest absolute Gasteiger partial charge is 0.310 e. The summed E-state index contributed by atoms with van der Waals surface area (Å²) in [6.07, 6.45) is 1.11. The van der Waals surface area contributed by atoms with E-state index in [1.54, 1.807) is 23.1 Å². The Hall–Kier alpha value is -1.79. The van der Waals surface area contributed by atoms with Gasteiger partial charge in [-0.3, -0.25) is 14.4 Å². The van der Waals surface area contributed by atoms with Crippen molar-refractivity contribution in [3.8, 4) is 0 Å². The fraction of sp³-hybridized carbons (Fsp3) is 0.471. The number of amides is 1. The number of halogens is 2. The van der Waals surface area contributed by atoms with E-state index in [4.69, 9.17) is 32.7 Å². The molecule has 0 N–H and O–H groups in total. The lowest BCUT2D eigenvalue weighted by molar-refractivity contribution is -0.153. The minimum Gasteiger partial charge on any atom is -0.469 e. The van der Waals surface area contributed by atoms with Crippen LogP contribution in [0.5, 0.6) is 0 Å². The van der Waals surface area contributed by atoms with Crippen molar-refractivity contribution in [1.29, 1.82) is 0 Å². The Kier molecular flexibility index (Phi) is 7.08. The molecule has 1 aliphatic heterocycles. The van der Waals surface area contributed by atoms with Gasteiger partial charge in [0.25, 0.3) is 5.91 Å². The molecule has 0 spiro atoms. The van der Waals surface area contributed by atoms with Crippen molar-refractivity contribution in [2.75, 3.05) is 26.8 Å². The number of hydrogen-bond donors (Lipinski definition) is 0. The quantitative estimate of drug-likeness (QED) is 0.725. The molecule has 0 atom stereocenters. The summed E-state index contributed by atoms with van der Waals surface area (Å²) in [5.41, 5.74) is 0.658. The topological polar surface area (TPSA) is 72.9 Å². The van der Waals surface area contributed by atoms with Gasteiger partial charge in [0.1, 0.15) is 0 Å². The molecule has 1 saturated heterocycles. The highest BCUT2D eigenvalue weighted by atomic mass is 35.5. The zero-order valence-corrected chi connectivity index (χ0v) is 15.3.